The van der Waals surface area contributed by atoms with Crippen LogP contribution in [-0.2, 0) is 13.1 Å². The van der Waals surface area contributed by atoms with Crippen LogP contribution in [0.4, 0.5) is 0 Å². The van der Waals surface area contributed by atoms with Gasteiger partial charge in [-0.15, -0.1) is 0 Å². The molecular formula is C12H16N2O2. The van der Waals surface area contributed by atoms with Crippen LogP contribution in [-0.4, -0.2) is 5.16 Å². The van der Waals surface area contributed by atoms with E-state index in [1.54, 1.807) is 6.26 Å². The first-order valence-corrected chi connectivity index (χ1v) is 5.34. The van der Waals surface area contributed by atoms with Gasteiger partial charge in [0, 0.05) is 12.1 Å². The molecule has 4 heteroatoms. The smallest absolute Gasteiger partial charge is 0.138 e. The van der Waals surface area contributed by atoms with Gasteiger partial charge in [-0.05, 0) is 32.4 Å². The predicted octanol–water partition coefficient (Wildman–Crippen LogP) is 2.48. The van der Waals surface area contributed by atoms with Crippen LogP contribution in [0.15, 0.2) is 21.3 Å². The maximum absolute atomic E-state index is 5.34. The molecule has 0 amide bonds. The molecule has 86 valence electrons. The van der Waals surface area contributed by atoms with E-state index in [0.29, 0.717) is 0 Å². The van der Waals surface area contributed by atoms with Gasteiger partial charge in [-0.3, -0.25) is 0 Å². The third-order valence-corrected chi connectivity index (χ3v) is 2.74. The molecular weight excluding hydrogens is 204 g/mol. The molecule has 0 spiro atoms. The van der Waals surface area contributed by atoms with Crippen molar-refractivity contribution in [2.45, 2.75) is 33.9 Å². The fraction of sp³-hybridized carbons (Fsp3) is 0.417. The highest BCUT2D eigenvalue weighted by atomic mass is 16.5. The zero-order chi connectivity index (χ0) is 11.5. The summed E-state index contributed by atoms with van der Waals surface area (Å²) in [6.07, 6.45) is 1.71. The molecule has 0 aliphatic carbocycles. The maximum atomic E-state index is 5.34. The van der Waals surface area contributed by atoms with Crippen LogP contribution >= 0.6 is 0 Å². The van der Waals surface area contributed by atoms with Gasteiger partial charge in [0.2, 0.25) is 0 Å². The Morgan fingerprint density at radius 2 is 2.06 bits per heavy atom. The van der Waals surface area contributed by atoms with E-state index < -0.39 is 0 Å². The van der Waals surface area contributed by atoms with Crippen molar-refractivity contribution >= 4 is 0 Å². The lowest BCUT2D eigenvalue weighted by atomic mass is 10.2. The summed E-state index contributed by atoms with van der Waals surface area (Å²) in [5, 5.41) is 7.23. The molecule has 4 nitrogen and oxygen atoms in total. The molecule has 0 aromatic carbocycles. The van der Waals surface area contributed by atoms with Crippen molar-refractivity contribution < 1.29 is 8.94 Å². The number of furan rings is 1. The van der Waals surface area contributed by atoms with Gasteiger partial charge in [0.05, 0.1) is 18.5 Å². The third-order valence-electron chi connectivity index (χ3n) is 2.74. The van der Waals surface area contributed by atoms with Crippen LogP contribution in [0.1, 0.15) is 28.3 Å². The topological polar surface area (TPSA) is 51.2 Å². The fourth-order valence-electron chi connectivity index (χ4n) is 1.64. The lowest BCUT2D eigenvalue weighted by Gasteiger charge is -2.02. The minimum absolute atomic E-state index is 0.725. The maximum Gasteiger partial charge on any atom is 0.138 e. The first kappa shape index (κ1) is 11.0. The summed E-state index contributed by atoms with van der Waals surface area (Å²) >= 11 is 0. The zero-order valence-corrected chi connectivity index (χ0v) is 9.83. The van der Waals surface area contributed by atoms with E-state index in [0.717, 1.165) is 35.9 Å². The summed E-state index contributed by atoms with van der Waals surface area (Å²) in [5.74, 6) is 1.85. The van der Waals surface area contributed by atoms with Crippen LogP contribution in [0.3, 0.4) is 0 Å². The lowest BCUT2D eigenvalue weighted by Crippen LogP contribution is -2.13. The first-order valence-electron chi connectivity index (χ1n) is 5.34. The summed E-state index contributed by atoms with van der Waals surface area (Å²) in [6, 6.07) is 1.97. The number of rotatable bonds is 4. The number of hydrogen-bond acceptors (Lipinski definition) is 4. The largest absolute Gasteiger partial charge is 0.468 e. The van der Waals surface area contributed by atoms with E-state index in [-0.39, 0.29) is 0 Å². The molecule has 0 unspecified atom stereocenters. The van der Waals surface area contributed by atoms with Gasteiger partial charge in [-0.2, -0.15) is 0 Å². The Kier molecular flexibility index (Phi) is 3.10. The Bertz CT molecular complexity index is 452. The molecule has 16 heavy (non-hydrogen) atoms. The van der Waals surface area contributed by atoms with Crippen LogP contribution in [0.5, 0.6) is 0 Å². The molecule has 1 N–H and O–H groups in total. The summed E-state index contributed by atoms with van der Waals surface area (Å²) in [6.45, 7) is 7.39. The minimum atomic E-state index is 0.725. The van der Waals surface area contributed by atoms with Gasteiger partial charge in [0.1, 0.15) is 11.5 Å². The second-order valence-electron chi connectivity index (χ2n) is 3.93. The molecule has 2 aromatic heterocycles. The average Bonchev–Trinajstić information content (AvgIpc) is 2.79. The SMILES string of the molecule is Cc1ccoc1CNCc1c(C)noc1C. The molecule has 2 aromatic rings. The number of hydrogen-bond donors (Lipinski definition) is 1. The van der Waals surface area contributed by atoms with Gasteiger partial charge in [-0.25, -0.2) is 0 Å². The Morgan fingerprint density at radius 1 is 1.25 bits per heavy atom. The third kappa shape index (κ3) is 2.17. The first-order chi connectivity index (χ1) is 7.68. The van der Waals surface area contributed by atoms with E-state index in [1.807, 2.05) is 26.8 Å². The highest BCUT2D eigenvalue weighted by molar-refractivity contribution is 5.20. The van der Waals surface area contributed by atoms with Crippen LogP contribution in [0.2, 0.25) is 0 Å². The second kappa shape index (κ2) is 4.53. The quantitative estimate of drug-likeness (QED) is 0.860. The molecule has 0 saturated carbocycles. The van der Waals surface area contributed by atoms with Crippen molar-refractivity contribution in [1.82, 2.24) is 10.5 Å². The second-order valence-corrected chi connectivity index (χ2v) is 3.93. The van der Waals surface area contributed by atoms with E-state index in [9.17, 15) is 0 Å². The molecule has 0 radical (unpaired) electrons. The van der Waals surface area contributed by atoms with Crippen molar-refractivity contribution in [1.29, 1.82) is 0 Å². The fourth-order valence-corrected chi connectivity index (χ4v) is 1.64. The van der Waals surface area contributed by atoms with E-state index in [1.165, 1.54) is 5.56 Å². The van der Waals surface area contributed by atoms with Crippen LogP contribution < -0.4 is 5.32 Å². The summed E-state index contributed by atoms with van der Waals surface area (Å²) in [5.41, 5.74) is 3.25. The Balaban J connectivity index is 1.92. The molecule has 0 bridgehead atoms. The van der Waals surface area contributed by atoms with E-state index in [4.69, 9.17) is 8.94 Å². The summed E-state index contributed by atoms with van der Waals surface area (Å²) in [7, 11) is 0. The van der Waals surface area contributed by atoms with Crippen molar-refractivity contribution in [3.63, 3.8) is 0 Å². The van der Waals surface area contributed by atoms with Gasteiger partial charge in [0.25, 0.3) is 0 Å². The molecule has 0 aliphatic heterocycles. The summed E-state index contributed by atoms with van der Waals surface area (Å²) in [4.78, 5) is 0. The standard InChI is InChI=1S/C12H16N2O2/c1-8-4-5-15-12(8)7-13-6-11-9(2)14-16-10(11)3/h4-5,13H,6-7H2,1-3H3. The van der Waals surface area contributed by atoms with Crippen LogP contribution in [0, 0.1) is 20.8 Å². The number of aryl methyl sites for hydroxylation is 3. The van der Waals surface area contributed by atoms with Gasteiger partial charge in [0.15, 0.2) is 0 Å². The molecule has 2 heterocycles. The molecule has 0 atom stereocenters. The Morgan fingerprint density at radius 3 is 2.62 bits per heavy atom. The predicted molar refractivity (Wildman–Crippen MR) is 60.0 cm³/mol. The minimum Gasteiger partial charge on any atom is -0.468 e. The number of aromatic nitrogens is 1. The molecule has 0 saturated heterocycles. The van der Waals surface area contributed by atoms with E-state index in [2.05, 4.69) is 10.5 Å². The number of nitrogens with zero attached hydrogens (tertiary/aromatic N) is 1. The Hall–Kier alpha value is -1.55. The normalized spacial score (nSPS) is 10.9. The van der Waals surface area contributed by atoms with Gasteiger partial charge >= 0.3 is 0 Å². The van der Waals surface area contributed by atoms with Gasteiger partial charge < -0.3 is 14.3 Å². The monoisotopic (exact) mass is 220 g/mol. The van der Waals surface area contributed by atoms with Crippen LogP contribution in [0.25, 0.3) is 0 Å². The van der Waals surface area contributed by atoms with Crippen molar-refractivity contribution in [2.24, 2.45) is 0 Å². The van der Waals surface area contributed by atoms with Crippen molar-refractivity contribution in [3.8, 4) is 0 Å². The highest BCUT2D eigenvalue weighted by Crippen LogP contribution is 2.13. The molecule has 2 rings (SSSR count). The van der Waals surface area contributed by atoms with E-state index >= 15 is 0 Å². The molecule has 0 aliphatic rings. The number of nitrogens with one attached hydrogen (secondary N) is 1. The zero-order valence-electron chi connectivity index (χ0n) is 9.83. The van der Waals surface area contributed by atoms with Crippen molar-refractivity contribution in [2.75, 3.05) is 0 Å². The Labute approximate surface area is 94.6 Å². The highest BCUT2D eigenvalue weighted by Gasteiger charge is 2.08. The lowest BCUT2D eigenvalue weighted by molar-refractivity contribution is 0.391. The summed E-state index contributed by atoms with van der Waals surface area (Å²) < 4.78 is 10.4. The molecule has 0 fully saturated rings. The van der Waals surface area contributed by atoms with Crippen molar-refractivity contribution in [3.05, 3.63) is 40.7 Å². The average molecular weight is 220 g/mol. The van der Waals surface area contributed by atoms with Gasteiger partial charge in [-0.1, -0.05) is 5.16 Å².